The van der Waals surface area contributed by atoms with Crippen LogP contribution in [0.4, 0.5) is 0 Å². The molecule has 1 aromatic carbocycles. The molecule has 0 unspecified atom stereocenters. The van der Waals surface area contributed by atoms with Crippen LogP contribution in [0, 0.1) is 0 Å². The average molecular weight is 381 g/mol. The van der Waals surface area contributed by atoms with Crippen LogP contribution in [0.5, 0.6) is 5.75 Å². The van der Waals surface area contributed by atoms with Crippen LogP contribution >= 0.6 is 0 Å². The van der Waals surface area contributed by atoms with E-state index >= 15 is 0 Å². The predicted octanol–water partition coefficient (Wildman–Crippen LogP) is 2.94. The summed E-state index contributed by atoms with van der Waals surface area (Å²) in [7, 11) is 3.07. The van der Waals surface area contributed by atoms with Crippen LogP contribution in [0.15, 0.2) is 54.9 Å². The van der Waals surface area contributed by atoms with Crippen LogP contribution in [0.25, 0.3) is 5.65 Å². The molecule has 0 aliphatic heterocycles. The number of amides is 1. The Morgan fingerprint density at radius 2 is 1.93 bits per heavy atom. The minimum absolute atomic E-state index is 0.100. The van der Waals surface area contributed by atoms with E-state index in [1.165, 1.54) is 7.11 Å². The maximum Gasteiger partial charge on any atom is 0.305 e. The van der Waals surface area contributed by atoms with Crippen molar-refractivity contribution in [3.8, 4) is 5.75 Å². The molecular formula is C21H23N3O4. The molecule has 0 N–H and O–H groups in total. The highest BCUT2D eigenvalue weighted by atomic mass is 16.5. The number of carbonyl (C=O) groups excluding carboxylic acids is 2. The van der Waals surface area contributed by atoms with Crippen LogP contribution in [0.3, 0.4) is 0 Å². The summed E-state index contributed by atoms with van der Waals surface area (Å²) in [6.07, 6.45) is 4.73. The van der Waals surface area contributed by atoms with Gasteiger partial charge in [0.15, 0.2) is 0 Å². The van der Waals surface area contributed by atoms with Gasteiger partial charge in [0, 0.05) is 38.0 Å². The SMILES string of the molecule is COC(=O)CCCN(C)C(=O)c1ccc(OCc2cn3ccccc3n2)cc1. The zero-order valence-electron chi connectivity index (χ0n) is 16.0. The molecule has 7 nitrogen and oxygen atoms in total. The fourth-order valence-corrected chi connectivity index (χ4v) is 2.79. The standard InChI is InChI=1S/C21H23N3O4/c1-23(12-5-7-20(25)27-2)21(26)16-8-10-18(11-9-16)28-15-17-14-24-13-4-3-6-19(24)22-17/h3-4,6,8-11,13-14H,5,7,12,15H2,1-2H3. The number of ether oxygens (including phenoxy) is 2. The van der Waals surface area contributed by atoms with E-state index in [0.29, 0.717) is 37.3 Å². The van der Waals surface area contributed by atoms with Crippen molar-refractivity contribution in [1.29, 1.82) is 0 Å². The smallest absolute Gasteiger partial charge is 0.305 e. The highest BCUT2D eigenvalue weighted by Gasteiger charge is 2.12. The number of hydrogen-bond acceptors (Lipinski definition) is 5. The molecule has 0 radical (unpaired) electrons. The highest BCUT2D eigenvalue weighted by Crippen LogP contribution is 2.16. The van der Waals surface area contributed by atoms with Crippen LogP contribution in [0.2, 0.25) is 0 Å². The van der Waals surface area contributed by atoms with Crippen LogP contribution in [-0.4, -0.2) is 46.9 Å². The molecule has 7 heteroatoms. The molecule has 0 atom stereocenters. The lowest BCUT2D eigenvalue weighted by atomic mass is 10.2. The number of methoxy groups -OCH3 is 1. The molecule has 0 fully saturated rings. The molecule has 0 bridgehead atoms. The van der Waals surface area contributed by atoms with E-state index in [4.69, 9.17) is 4.74 Å². The first-order valence-corrected chi connectivity index (χ1v) is 9.04. The van der Waals surface area contributed by atoms with Gasteiger partial charge in [-0.1, -0.05) is 6.07 Å². The van der Waals surface area contributed by atoms with Crippen LogP contribution < -0.4 is 4.74 Å². The largest absolute Gasteiger partial charge is 0.487 e. The highest BCUT2D eigenvalue weighted by molar-refractivity contribution is 5.94. The van der Waals surface area contributed by atoms with Crippen molar-refractivity contribution in [2.75, 3.05) is 20.7 Å². The topological polar surface area (TPSA) is 73.1 Å². The normalized spacial score (nSPS) is 10.6. The van der Waals surface area contributed by atoms with Gasteiger partial charge in [-0.3, -0.25) is 9.59 Å². The molecule has 3 aromatic rings. The summed E-state index contributed by atoms with van der Waals surface area (Å²) in [6.45, 7) is 0.836. The fraction of sp³-hybridized carbons (Fsp3) is 0.286. The van der Waals surface area contributed by atoms with Crippen molar-refractivity contribution >= 4 is 17.5 Å². The first-order valence-electron chi connectivity index (χ1n) is 9.04. The Morgan fingerprint density at radius 3 is 2.64 bits per heavy atom. The van der Waals surface area contributed by atoms with E-state index in [1.807, 2.05) is 35.0 Å². The van der Waals surface area contributed by atoms with Crippen molar-refractivity contribution in [2.24, 2.45) is 0 Å². The Labute approximate surface area is 163 Å². The number of rotatable bonds is 8. The number of imidazole rings is 1. The number of pyridine rings is 1. The molecule has 2 heterocycles. The Balaban J connectivity index is 1.52. The van der Waals surface area contributed by atoms with Crippen molar-refractivity contribution in [3.63, 3.8) is 0 Å². The number of esters is 1. The number of fused-ring (bicyclic) bond motifs is 1. The van der Waals surface area contributed by atoms with Gasteiger partial charge in [0.1, 0.15) is 18.0 Å². The van der Waals surface area contributed by atoms with E-state index in [0.717, 1.165) is 11.3 Å². The molecule has 0 saturated heterocycles. The van der Waals surface area contributed by atoms with Gasteiger partial charge in [0.25, 0.3) is 5.91 Å². The second kappa shape index (κ2) is 9.03. The molecule has 2 aromatic heterocycles. The molecule has 1 amide bonds. The zero-order valence-corrected chi connectivity index (χ0v) is 16.0. The third-order valence-corrected chi connectivity index (χ3v) is 4.35. The summed E-state index contributed by atoms with van der Waals surface area (Å²) in [5.41, 5.74) is 2.27. The summed E-state index contributed by atoms with van der Waals surface area (Å²) < 4.78 is 12.3. The Morgan fingerprint density at radius 1 is 1.14 bits per heavy atom. The number of nitrogens with zero attached hydrogens (tertiary/aromatic N) is 3. The molecular weight excluding hydrogens is 358 g/mol. The third-order valence-electron chi connectivity index (χ3n) is 4.35. The second-order valence-corrected chi connectivity index (χ2v) is 6.42. The van der Waals surface area contributed by atoms with Gasteiger partial charge >= 0.3 is 5.97 Å². The van der Waals surface area contributed by atoms with Crippen molar-refractivity contribution in [2.45, 2.75) is 19.4 Å². The molecule has 3 rings (SSSR count). The number of aromatic nitrogens is 2. The lowest BCUT2D eigenvalue weighted by molar-refractivity contribution is -0.140. The molecule has 0 aliphatic carbocycles. The summed E-state index contributed by atoms with van der Waals surface area (Å²) in [6, 6.07) is 12.8. The van der Waals surface area contributed by atoms with Gasteiger partial charge in [-0.25, -0.2) is 4.98 Å². The van der Waals surface area contributed by atoms with Crippen LogP contribution in [0.1, 0.15) is 28.9 Å². The summed E-state index contributed by atoms with van der Waals surface area (Å²) in [4.78, 5) is 29.7. The Hall–Kier alpha value is -3.35. The number of hydrogen-bond donors (Lipinski definition) is 0. The Bertz CT molecular complexity index is 917. The van der Waals surface area contributed by atoms with Crippen molar-refractivity contribution in [3.05, 3.63) is 66.1 Å². The first-order chi connectivity index (χ1) is 13.6. The number of carbonyl (C=O) groups is 2. The van der Waals surface area contributed by atoms with Gasteiger partial charge in [0.05, 0.1) is 12.8 Å². The maximum atomic E-state index is 12.4. The van der Waals surface area contributed by atoms with E-state index in [1.54, 1.807) is 36.2 Å². The quantitative estimate of drug-likeness (QED) is 0.561. The van der Waals surface area contributed by atoms with E-state index in [9.17, 15) is 9.59 Å². The predicted molar refractivity (Wildman–Crippen MR) is 104 cm³/mol. The molecule has 0 saturated carbocycles. The van der Waals surface area contributed by atoms with Gasteiger partial charge in [0.2, 0.25) is 0 Å². The van der Waals surface area contributed by atoms with E-state index in [2.05, 4.69) is 9.72 Å². The monoisotopic (exact) mass is 381 g/mol. The summed E-state index contributed by atoms with van der Waals surface area (Å²) >= 11 is 0. The van der Waals surface area contributed by atoms with E-state index < -0.39 is 0 Å². The van der Waals surface area contributed by atoms with Crippen molar-refractivity contribution < 1.29 is 19.1 Å². The van der Waals surface area contributed by atoms with Gasteiger partial charge in [-0.2, -0.15) is 0 Å². The maximum absolute atomic E-state index is 12.4. The third kappa shape index (κ3) is 4.88. The number of benzene rings is 1. The van der Waals surface area contributed by atoms with Gasteiger partial charge in [-0.15, -0.1) is 0 Å². The zero-order chi connectivity index (χ0) is 19.9. The lowest BCUT2D eigenvalue weighted by Crippen LogP contribution is -2.28. The van der Waals surface area contributed by atoms with E-state index in [-0.39, 0.29) is 11.9 Å². The fourth-order valence-electron chi connectivity index (χ4n) is 2.79. The average Bonchev–Trinajstić information content (AvgIpc) is 3.15. The minimum atomic E-state index is -0.270. The van der Waals surface area contributed by atoms with Crippen molar-refractivity contribution in [1.82, 2.24) is 14.3 Å². The van der Waals surface area contributed by atoms with Crippen LogP contribution in [-0.2, 0) is 16.1 Å². The van der Waals surface area contributed by atoms with Gasteiger partial charge in [-0.05, 0) is 42.8 Å². The minimum Gasteiger partial charge on any atom is -0.487 e. The molecule has 0 spiro atoms. The van der Waals surface area contributed by atoms with Gasteiger partial charge < -0.3 is 18.8 Å². The molecule has 146 valence electrons. The molecule has 28 heavy (non-hydrogen) atoms. The Kier molecular flexibility index (Phi) is 6.26. The second-order valence-electron chi connectivity index (χ2n) is 6.42. The molecule has 0 aliphatic rings. The first kappa shape index (κ1) is 19.4. The lowest BCUT2D eigenvalue weighted by Gasteiger charge is -2.17. The summed E-state index contributed by atoms with van der Waals surface area (Å²) in [5, 5.41) is 0. The summed E-state index contributed by atoms with van der Waals surface area (Å²) in [5.74, 6) is 0.298.